The minimum atomic E-state index is 0.618. The van der Waals surface area contributed by atoms with Crippen LogP contribution in [0.1, 0.15) is 13.3 Å². The van der Waals surface area contributed by atoms with Gasteiger partial charge in [0.15, 0.2) is 0 Å². The van der Waals surface area contributed by atoms with Crippen molar-refractivity contribution in [2.45, 2.75) is 13.3 Å². The summed E-state index contributed by atoms with van der Waals surface area (Å²) >= 11 is 5.07. The molecule has 2 rings (SSSR count). The molecule has 0 aliphatic carbocycles. The zero-order valence-electron chi connectivity index (χ0n) is 9.64. The standard InChI is InChI=1S/C13H14N2OS/c1-2-7-16-12-6-4-3-5-11(12)10-8-13(17)15-14-9-10/h3-6,8-9H,2,7H2,1H3,(H,15,17). The lowest BCUT2D eigenvalue weighted by Crippen LogP contribution is -1.97. The lowest BCUT2D eigenvalue weighted by molar-refractivity contribution is 0.318. The molecule has 0 aliphatic rings. The maximum atomic E-state index is 5.71. The third-order valence-electron chi connectivity index (χ3n) is 2.32. The average molecular weight is 246 g/mol. The van der Waals surface area contributed by atoms with Crippen molar-refractivity contribution in [3.8, 4) is 16.9 Å². The predicted molar refractivity (Wildman–Crippen MR) is 70.6 cm³/mol. The van der Waals surface area contributed by atoms with Crippen LogP contribution in [0.25, 0.3) is 11.1 Å². The lowest BCUT2D eigenvalue weighted by Gasteiger charge is -2.10. The van der Waals surface area contributed by atoms with Crippen LogP contribution in [0.15, 0.2) is 36.5 Å². The first-order valence-electron chi connectivity index (χ1n) is 5.58. The Morgan fingerprint density at radius 1 is 1.35 bits per heavy atom. The Hall–Kier alpha value is -1.68. The van der Waals surface area contributed by atoms with Crippen LogP contribution in [0.2, 0.25) is 0 Å². The Labute approximate surface area is 105 Å². The average Bonchev–Trinajstić information content (AvgIpc) is 2.37. The monoisotopic (exact) mass is 246 g/mol. The first-order chi connectivity index (χ1) is 8.31. The number of H-pyrrole nitrogens is 1. The van der Waals surface area contributed by atoms with Crippen molar-refractivity contribution >= 4 is 12.2 Å². The molecule has 0 fully saturated rings. The van der Waals surface area contributed by atoms with Crippen molar-refractivity contribution in [2.24, 2.45) is 0 Å². The van der Waals surface area contributed by atoms with Crippen LogP contribution in [0.4, 0.5) is 0 Å². The Morgan fingerprint density at radius 3 is 2.94 bits per heavy atom. The maximum absolute atomic E-state index is 5.71. The highest BCUT2D eigenvalue weighted by Crippen LogP contribution is 2.29. The van der Waals surface area contributed by atoms with Crippen LogP contribution in [0.3, 0.4) is 0 Å². The van der Waals surface area contributed by atoms with Gasteiger partial charge in [0.25, 0.3) is 0 Å². The number of benzene rings is 1. The molecule has 0 amide bonds. The maximum Gasteiger partial charge on any atom is 0.127 e. The fourth-order valence-corrected chi connectivity index (χ4v) is 1.75. The molecule has 1 aromatic heterocycles. The molecule has 0 unspecified atom stereocenters. The van der Waals surface area contributed by atoms with Crippen molar-refractivity contribution < 1.29 is 4.74 Å². The molecule has 0 saturated heterocycles. The van der Waals surface area contributed by atoms with Crippen molar-refractivity contribution in [3.63, 3.8) is 0 Å². The van der Waals surface area contributed by atoms with E-state index in [4.69, 9.17) is 17.0 Å². The number of para-hydroxylation sites is 1. The van der Waals surface area contributed by atoms with Gasteiger partial charge < -0.3 is 4.74 Å². The summed E-state index contributed by atoms with van der Waals surface area (Å²) in [5.41, 5.74) is 1.99. The summed E-state index contributed by atoms with van der Waals surface area (Å²) in [4.78, 5) is 0. The Balaban J connectivity index is 2.40. The number of rotatable bonds is 4. The second kappa shape index (κ2) is 5.59. The summed E-state index contributed by atoms with van der Waals surface area (Å²) in [6.07, 6.45) is 2.74. The minimum absolute atomic E-state index is 0.618. The Bertz CT molecular complexity index is 551. The molecule has 0 radical (unpaired) electrons. The fraction of sp³-hybridized carbons (Fsp3) is 0.231. The zero-order valence-corrected chi connectivity index (χ0v) is 10.5. The quantitative estimate of drug-likeness (QED) is 0.838. The van der Waals surface area contributed by atoms with E-state index in [1.807, 2.05) is 30.3 Å². The van der Waals surface area contributed by atoms with Crippen LogP contribution in [0, 0.1) is 4.64 Å². The first-order valence-corrected chi connectivity index (χ1v) is 5.99. The number of nitrogens with zero attached hydrogens (tertiary/aromatic N) is 1. The van der Waals surface area contributed by atoms with Gasteiger partial charge in [-0.1, -0.05) is 37.3 Å². The summed E-state index contributed by atoms with van der Waals surface area (Å²) in [6.45, 7) is 2.80. The number of aromatic nitrogens is 2. The SMILES string of the molecule is CCCOc1ccccc1-c1cn[nH]c(=S)c1. The molecule has 0 bridgehead atoms. The summed E-state index contributed by atoms with van der Waals surface area (Å²) in [6, 6.07) is 9.80. The largest absolute Gasteiger partial charge is 0.493 e. The minimum Gasteiger partial charge on any atom is -0.493 e. The molecule has 17 heavy (non-hydrogen) atoms. The zero-order chi connectivity index (χ0) is 12.1. The van der Waals surface area contributed by atoms with Gasteiger partial charge in [-0.2, -0.15) is 5.10 Å². The molecule has 1 heterocycles. The third kappa shape index (κ3) is 2.91. The fourth-order valence-electron chi connectivity index (χ4n) is 1.57. The van der Waals surface area contributed by atoms with E-state index in [1.165, 1.54) is 0 Å². The molecule has 4 heteroatoms. The number of aromatic amines is 1. The molecular formula is C13H14N2OS. The molecular weight excluding hydrogens is 232 g/mol. The lowest BCUT2D eigenvalue weighted by atomic mass is 10.1. The number of ether oxygens (including phenoxy) is 1. The van der Waals surface area contributed by atoms with E-state index < -0.39 is 0 Å². The van der Waals surface area contributed by atoms with E-state index in [-0.39, 0.29) is 0 Å². The van der Waals surface area contributed by atoms with E-state index in [0.717, 1.165) is 23.3 Å². The summed E-state index contributed by atoms with van der Waals surface area (Å²) < 4.78 is 6.33. The van der Waals surface area contributed by atoms with Crippen LogP contribution in [0.5, 0.6) is 5.75 Å². The van der Waals surface area contributed by atoms with Crippen molar-refractivity contribution in [2.75, 3.05) is 6.61 Å². The topological polar surface area (TPSA) is 37.9 Å². The van der Waals surface area contributed by atoms with E-state index in [0.29, 0.717) is 11.2 Å². The molecule has 88 valence electrons. The molecule has 0 saturated carbocycles. The molecule has 1 aromatic carbocycles. The molecule has 1 N–H and O–H groups in total. The summed E-state index contributed by atoms with van der Waals surface area (Å²) in [7, 11) is 0. The van der Waals surface area contributed by atoms with Gasteiger partial charge in [0.1, 0.15) is 10.4 Å². The van der Waals surface area contributed by atoms with Crippen molar-refractivity contribution in [1.82, 2.24) is 10.2 Å². The Morgan fingerprint density at radius 2 is 2.18 bits per heavy atom. The molecule has 0 spiro atoms. The predicted octanol–water partition coefficient (Wildman–Crippen LogP) is 3.59. The second-order valence-electron chi connectivity index (χ2n) is 3.68. The number of nitrogens with one attached hydrogen (secondary N) is 1. The number of hydrogen-bond donors (Lipinski definition) is 1. The smallest absolute Gasteiger partial charge is 0.127 e. The molecule has 2 aromatic rings. The highest BCUT2D eigenvalue weighted by atomic mass is 32.1. The van der Waals surface area contributed by atoms with E-state index in [9.17, 15) is 0 Å². The molecule has 0 atom stereocenters. The van der Waals surface area contributed by atoms with E-state index in [1.54, 1.807) is 6.20 Å². The van der Waals surface area contributed by atoms with Gasteiger partial charge in [0, 0.05) is 11.1 Å². The van der Waals surface area contributed by atoms with Gasteiger partial charge in [-0.15, -0.1) is 0 Å². The van der Waals surface area contributed by atoms with Crippen molar-refractivity contribution in [1.29, 1.82) is 0 Å². The van der Waals surface area contributed by atoms with Crippen LogP contribution in [-0.2, 0) is 0 Å². The van der Waals surface area contributed by atoms with Gasteiger partial charge >= 0.3 is 0 Å². The highest BCUT2D eigenvalue weighted by molar-refractivity contribution is 7.71. The highest BCUT2D eigenvalue weighted by Gasteiger charge is 2.05. The normalized spacial score (nSPS) is 10.2. The summed E-state index contributed by atoms with van der Waals surface area (Å²) in [5.74, 6) is 0.872. The van der Waals surface area contributed by atoms with E-state index in [2.05, 4.69) is 17.1 Å². The van der Waals surface area contributed by atoms with Gasteiger partial charge in [0.2, 0.25) is 0 Å². The van der Waals surface area contributed by atoms with Crippen LogP contribution < -0.4 is 4.74 Å². The molecule has 3 nitrogen and oxygen atoms in total. The van der Waals surface area contributed by atoms with Gasteiger partial charge in [-0.25, -0.2) is 0 Å². The van der Waals surface area contributed by atoms with Crippen molar-refractivity contribution in [3.05, 3.63) is 41.2 Å². The van der Waals surface area contributed by atoms with Gasteiger partial charge in [-0.05, 0) is 18.6 Å². The first kappa shape index (κ1) is 11.8. The summed E-state index contributed by atoms with van der Waals surface area (Å²) in [5, 5.41) is 6.73. The van der Waals surface area contributed by atoms with Gasteiger partial charge in [-0.3, -0.25) is 5.10 Å². The molecule has 0 aliphatic heterocycles. The Kier molecular flexibility index (Phi) is 3.88. The van der Waals surface area contributed by atoms with E-state index >= 15 is 0 Å². The van der Waals surface area contributed by atoms with Gasteiger partial charge in [0.05, 0.1) is 12.8 Å². The number of hydrogen-bond acceptors (Lipinski definition) is 3. The van der Waals surface area contributed by atoms with Crippen LogP contribution in [-0.4, -0.2) is 16.8 Å². The third-order valence-corrected chi connectivity index (χ3v) is 2.53. The van der Waals surface area contributed by atoms with Crippen LogP contribution >= 0.6 is 12.2 Å². The second-order valence-corrected chi connectivity index (χ2v) is 4.12.